The van der Waals surface area contributed by atoms with Crippen LogP contribution in [0.3, 0.4) is 0 Å². The SMILES string of the molecule is C=Bc1cccc(Cn2c(CC(C)(C)C(=O)OCC)nc3c2C(=O)CC(C(C)C)C(=O)C(C)C(C)C3)c1. The van der Waals surface area contributed by atoms with Crippen LogP contribution in [0.15, 0.2) is 24.3 Å². The quantitative estimate of drug-likeness (QED) is 0.400. The van der Waals surface area contributed by atoms with Gasteiger partial charge < -0.3 is 0 Å². The van der Waals surface area contributed by atoms with E-state index in [-0.39, 0.29) is 47.6 Å². The van der Waals surface area contributed by atoms with Crippen LogP contribution in [0.1, 0.15) is 82.5 Å². The van der Waals surface area contributed by atoms with Crippen molar-refractivity contribution in [1.82, 2.24) is 9.55 Å². The van der Waals surface area contributed by atoms with Crippen molar-refractivity contribution in [2.45, 2.75) is 74.3 Å². The maximum absolute atomic E-state index is 13.9. The summed E-state index contributed by atoms with van der Waals surface area (Å²) in [6.45, 7) is 20.0. The van der Waals surface area contributed by atoms with Crippen LogP contribution < -0.4 is 5.46 Å². The van der Waals surface area contributed by atoms with Gasteiger partial charge in [-0.2, -0.15) is 0 Å². The molecule has 3 atom stereocenters. The molecule has 1 aromatic carbocycles. The van der Waals surface area contributed by atoms with Crippen molar-refractivity contribution < 1.29 is 19.1 Å². The van der Waals surface area contributed by atoms with Gasteiger partial charge in [0.05, 0.1) is 0 Å². The molecule has 2 aromatic rings. The van der Waals surface area contributed by atoms with Crippen LogP contribution in [-0.4, -0.2) is 47.1 Å². The Morgan fingerprint density at radius 2 is 1.95 bits per heavy atom. The van der Waals surface area contributed by atoms with Gasteiger partial charge >= 0.3 is 222 Å². The molecule has 0 radical (unpaired) electrons. The van der Waals surface area contributed by atoms with Crippen molar-refractivity contribution in [1.29, 1.82) is 0 Å². The van der Waals surface area contributed by atoms with E-state index in [4.69, 9.17) is 9.72 Å². The molecule has 1 aromatic heterocycles. The van der Waals surface area contributed by atoms with Gasteiger partial charge in [0, 0.05) is 0 Å². The van der Waals surface area contributed by atoms with Crippen LogP contribution >= 0.6 is 0 Å². The zero-order chi connectivity index (χ0) is 27.5. The third-order valence-corrected chi connectivity index (χ3v) is 7.73. The molecule has 6 nitrogen and oxygen atoms in total. The molecule has 0 spiro atoms. The average Bonchev–Trinajstić information content (AvgIpc) is 3.17. The molecule has 37 heavy (non-hydrogen) atoms. The molecule has 3 rings (SSSR count). The number of Topliss-reactive ketones (excluding diaryl/α,β-unsaturated/α-hetero) is 2. The number of aromatic nitrogens is 2. The van der Waals surface area contributed by atoms with E-state index in [1.807, 2.05) is 63.5 Å². The van der Waals surface area contributed by atoms with Crippen molar-refractivity contribution in [2.75, 3.05) is 6.61 Å². The number of carbonyl (C=O) groups is 3. The summed E-state index contributed by atoms with van der Waals surface area (Å²) in [5.74, 6) is 0.107. The van der Waals surface area contributed by atoms with Crippen LogP contribution in [0.2, 0.25) is 0 Å². The Bertz CT molecular complexity index is 1180. The summed E-state index contributed by atoms with van der Waals surface area (Å²) in [4.78, 5) is 45.0. The second-order valence-electron chi connectivity index (χ2n) is 11.5. The van der Waals surface area contributed by atoms with Gasteiger partial charge in [-0.15, -0.1) is 0 Å². The summed E-state index contributed by atoms with van der Waals surface area (Å²) in [6.07, 6.45) is 1.04. The Morgan fingerprint density at radius 3 is 2.57 bits per heavy atom. The van der Waals surface area contributed by atoms with Gasteiger partial charge in [-0.1, -0.05) is 0 Å². The van der Waals surface area contributed by atoms with E-state index in [0.29, 0.717) is 37.5 Å². The zero-order valence-corrected chi connectivity index (χ0v) is 23.5. The van der Waals surface area contributed by atoms with Gasteiger partial charge in [-0.05, 0) is 0 Å². The topological polar surface area (TPSA) is 78.3 Å². The molecule has 0 N–H and O–H groups in total. The minimum absolute atomic E-state index is 0.0387. The molecule has 0 amide bonds. The predicted octanol–water partition coefficient (Wildman–Crippen LogP) is 4.07. The summed E-state index contributed by atoms with van der Waals surface area (Å²) in [7, 11) is 0. The number of ether oxygens (including phenoxy) is 1. The summed E-state index contributed by atoms with van der Waals surface area (Å²) < 4.78 is 7.32. The fourth-order valence-corrected chi connectivity index (χ4v) is 5.17. The van der Waals surface area contributed by atoms with Crippen LogP contribution in [0, 0.1) is 29.1 Å². The molecule has 3 unspecified atom stereocenters. The Kier molecular flexibility index (Phi) is 9.09. The summed E-state index contributed by atoms with van der Waals surface area (Å²) in [6, 6.07) is 8.02. The Balaban J connectivity index is 2.18. The standard InChI is InChI=1S/C30H41BN2O4/c1-9-37-29(36)30(6,7)16-26-32-24-13-19(4)20(5)28(35)23(18(2)3)15-25(34)27(24)33(26)17-21-11-10-12-22(14-21)31-8/h10-12,14,18-20,23H,8-9,13,15-17H2,1-7H3. The van der Waals surface area contributed by atoms with E-state index in [1.165, 1.54) is 0 Å². The van der Waals surface area contributed by atoms with Crippen molar-refractivity contribution in [3.63, 3.8) is 0 Å². The summed E-state index contributed by atoms with van der Waals surface area (Å²) in [5.41, 5.74) is 2.48. The first-order chi connectivity index (χ1) is 17.4. The number of carbonyl (C=O) groups excluding carboxylic acids is 3. The number of hydrogen-bond donors (Lipinski definition) is 0. The maximum atomic E-state index is 13.9. The van der Waals surface area contributed by atoms with Gasteiger partial charge in [0.2, 0.25) is 0 Å². The van der Waals surface area contributed by atoms with E-state index < -0.39 is 5.41 Å². The van der Waals surface area contributed by atoms with Crippen molar-refractivity contribution in [3.05, 3.63) is 47.0 Å². The second kappa shape index (κ2) is 11.7. The van der Waals surface area contributed by atoms with E-state index in [0.717, 1.165) is 16.7 Å². The molecule has 7 heteroatoms. The van der Waals surface area contributed by atoms with Crippen LogP contribution in [0.25, 0.3) is 0 Å². The molecule has 0 aliphatic heterocycles. The molecule has 1 heterocycles. The molecule has 0 saturated carbocycles. The number of ketones is 2. The van der Waals surface area contributed by atoms with E-state index in [2.05, 4.69) is 13.4 Å². The third-order valence-electron chi connectivity index (χ3n) is 7.73. The van der Waals surface area contributed by atoms with E-state index in [1.54, 1.807) is 13.8 Å². The van der Waals surface area contributed by atoms with Crippen molar-refractivity contribution >= 4 is 36.4 Å². The summed E-state index contributed by atoms with van der Waals surface area (Å²) in [5, 5.41) is 0. The molecule has 198 valence electrons. The fourth-order valence-electron chi connectivity index (χ4n) is 5.17. The van der Waals surface area contributed by atoms with Gasteiger partial charge in [0.15, 0.2) is 0 Å². The minimum atomic E-state index is -0.813. The average molecular weight is 504 g/mol. The molecule has 0 bridgehead atoms. The monoisotopic (exact) mass is 504 g/mol. The number of fused-ring (bicyclic) bond motifs is 1. The zero-order valence-electron chi connectivity index (χ0n) is 23.5. The van der Waals surface area contributed by atoms with Crippen molar-refractivity contribution in [3.8, 4) is 0 Å². The molecule has 0 fully saturated rings. The summed E-state index contributed by atoms with van der Waals surface area (Å²) >= 11 is 0. The number of rotatable bonds is 8. The molecular weight excluding hydrogens is 463 g/mol. The number of nitrogens with zero attached hydrogens (tertiary/aromatic N) is 2. The first-order valence-corrected chi connectivity index (χ1v) is 13.4. The predicted molar refractivity (Wildman–Crippen MR) is 149 cm³/mol. The normalized spacial score (nSPS) is 20.6. The number of esters is 1. The Hall–Kier alpha value is -2.83. The molecule has 1 aliphatic carbocycles. The molecule has 0 saturated heterocycles. The van der Waals surface area contributed by atoms with Gasteiger partial charge in [0.25, 0.3) is 0 Å². The van der Waals surface area contributed by atoms with Crippen LogP contribution in [0.4, 0.5) is 0 Å². The first-order valence-electron chi connectivity index (χ1n) is 13.4. The number of imidazole rings is 1. The van der Waals surface area contributed by atoms with Gasteiger partial charge in [0.1, 0.15) is 0 Å². The van der Waals surface area contributed by atoms with Crippen LogP contribution in [0.5, 0.6) is 0 Å². The number of benzene rings is 1. The van der Waals surface area contributed by atoms with Crippen molar-refractivity contribution in [2.24, 2.45) is 29.1 Å². The third kappa shape index (κ3) is 6.36. The number of hydrogen-bond acceptors (Lipinski definition) is 5. The van der Waals surface area contributed by atoms with Gasteiger partial charge in [-0.25, -0.2) is 0 Å². The molecule has 1 aliphatic rings. The van der Waals surface area contributed by atoms with E-state index >= 15 is 0 Å². The van der Waals surface area contributed by atoms with Crippen LogP contribution in [-0.2, 0) is 33.7 Å². The fraction of sp³-hybridized carbons (Fsp3) is 0.567. The van der Waals surface area contributed by atoms with E-state index in [9.17, 15) is 14.4 Å². The second-order valence-corrected chi connectivity index (χ2v) is 11.5. The molecular formula is C30H41BN2O4. The Morgan fingerprint density at radius 1 is 1.24 bits per heavy atom. The Labute approximate surface area is 222 Å². The van der Waals surface area contributed by atoms with Gasteiger partial charge in [-0.3, -0.25) is 0 Å². The first kappa shape index (κ1) is 28.7.